The Morgan fingerprint density at radius 3 is 2.94 bits per heavy atom. The van der Waals surface area contributed by atoms with Crippen LogP contribution >= 0.6 is 0 Å². The highest BCUT2D eigenvalue weighted by Gasteiger charge is 2.08. The average Bonchev–Trinajstić information content (AvgIpc) is 2.32. The molecule has 0 saturated carbocycles. The summed E-state index contributed by atoms with van der Waals surface area (Å²) in [5, 5.41) is 11.6. The molecule has 0 aliphatic heterocycles. The standard InChI is InChI=1S/C12H13N3O2/c1-3-17-12(16)10(6-13)7-15-11-5-4-9(2)14-8-11/h4-5,7-8,15H,3H2,1-2H3/b10-7-. The lowest BCUT2D eigenvalue weighted by Crippen LogP contribution is -2.07. The zero-order chi connectivity index (χ0) is 12.7. The summed E-state index contributed by atoms with van der Waals surface area (Å²) in [6.07, 6.45) is 2.93. The number of nitrogens with zero attached hydrogens (tertiary/aromatic N) is 2. The summed E-state index contributed by atoms with van der Waals surface area (Å²) in [6.45, 7) is 3.80. The average molecular weight is 231 g/mol. The number of aromatic nitrogens is 1. The van der Waals surface area contributed by atoms with Gasteiger partial charge in [0.2, 0.25) is 0 Å². The first-order valence-electron chi connectivity index (χ1n) is 5.14. The van der Waals surface area contributed by atoms with Crippen LogP contribution in [0.25, 0.3) is 0 Å². The molecule has 0 aliphatic carbocycles. The van der Waals surface area contributed by atoms with Gasteiger partial charge in [0.15, 0.2) is 5.57 Å². The Labute approximate surface area is 99.7 Å². The molecule has 0 aromatic carbocycles. The van der Waals surface area contributed by atoms with Crippen molar-refractivity contribution >= 4 is 11.7 Å². The zero-order valence-corrected chi connectivity index (χ0v) is 9.73. The minimum atomic E-state index is -0.637. The van der Waals surface area contributed by atoms with Crippen molar-refractivity contribution in [3.8, 4) is 6.07 Å². The van der Waals surface area contributed by atoms with Crippen LogP contribution in [0.3, 0.4) is 0 Å². The fourth-order valence-corrected chi connectivity index (χ4v) is 1.05. The lowest BCUT2D eigenvalue weighted by molar-refractivity contribution is -0.138. The molecule has 1 aromatic heterocycles. The minimum absolute atomic E-state index is 0.0765. The SMILES string of the molecule is CCOC(=O)/C(C#N)=C\Nc1ccc(C)nc1. The van der Waals surface area contributed by atoms with E-state index in [1.807, 2.05) is 13.0 Å². The summed E-state index contributed by atoms with van der Waals surface area (Å²) >= 11 is 0. The quantitative estimate of drug-likeness (QED) is 0.485. The van der Waals surface area contributed by atoms with Crippen LogP contribution in [-0.4, -0.2) is 17.6 Å². The summed E-state index contributed by atoms with van der Waals surface area (Å²) < 4.78 is 4.72. The van der Waals surface area contributed by atoms with E-state index in [9.17, 15) is 4.79 Å². The second kappa shape index (κ2) is 6.28. The number of carbonyl (C=O) groups excluding carboxylic acids is 1. The van der Waals surface area contributed by atoms with E-state index in [-0.39, 0.29) is 12.2 Å². The summed E-state index contributed by atoms with van der Waals surface area (Å²) in [5.41, 5.74) is 1.52. The van der Waals surface area contributed by atoms with E-state index in [1.165, 1.54) is 6.20 Å². The predicted molar refractivity (Wildman–Crippen MR) is 62.9 cm³/mol. The van der Waals surface area contributed by atoms with Gasteiger partial charge in [-0.2, -0.15) is 5.26 Å². The van der Waals surface area contributed by atoms with Gasteiger partial charge in [-0.15, -0.1) is 0 Å². The van der Waals surface area contributed by atoms with Gasteiger partial charge in [-0.3, -0.25) is 4.98 Å². The van der Waals surface area contributed by atoms with E-state index in [0.717, 1.165) is 5.69 Å². The van der Waals surface area contributed by atoms with Gasteiger partial charge >= 0.3 is 5.97 Å². The fourth-order valence-electron chi connectivity index (χ4n) is 1.05. The first-order chi connectivity index (χ1) is 8.17. The van der Waals surface area contributed by atoms with Crippen LogP contribution in [0.5, 0.6) is 0 Å². The number of anilines is 1. The second-order valence-corrected chi connectivity index (χ2v) is 3.22. The Kier molecular flexibility index (Phi) is 4.70. The number of carbonyl (C=O) groups is 1. The molecule has 0 atom stereocenters. The Balaban J connectivity index is 2.71. The van der Waals surface area contributed by atoms with Gasteiger partial charge in [-0.05, 0) is 26.0 Å². The van der Waals surface area contributed by atoms with Crippen LogP contribution in [0.15, 0.2) is 30.1 Å². The molecule has 5 nitrogen and oxygen atoms in total. The van der Waals surface area contributed by atoms with Crippen molar-refractivity contribution < 1.29 is 9.53 Å². The molecule has 1 heterocycles. The lowest BCUT2D eigenvalue weighted by Gasteiger charge is -2.02. The molecule has 0 radical (unpaired) electrons. The van der Waals surface area contributed by atoms with Crippen molar-refractivity contribution in [1.29, 1.82) is 5.26 Å². The molecular formula is C12H13N3O2. The Hall–Kier alpha value is -2.35. The molecule has 0 bridgehead atoms. The number of rotatable bonds is 4. The van der Waals surface area contributed by atoms with Crippen molar-refractivity contribution in [2.24, 2.45) is 0 Å². The van der Waals surface area contributed by atoms with Gasteiger partial charge in [0.1, 0.15) is 6.07 Å². The highest BCUT2D eigenvalue weighted by molar-refractivity contribution is 5.93. The topological polar surface area (TPSA) is 75.0 Å². The second-order valence-electron chi connectivity index (χ2n) is 3.22. The molecule has 1 rings (SSSR count). The molecule has 88 valence electrons. The summed E-state index contributed by atoms with van der Waals surface area (Å²) in [6, 6.07) is 5.40. The number of aryl methyl sites for hydroxylation is 1. The van der Waals surface area contributed by atoms with E-state index in [0.29, 0.717) is 5.69 Å². The van der Waals surface area contributed by atoms with Crippen LogP contribution < -0.4 is 5.32 Å². The third-order valence-electron chi connectivity index (χ3n) is 1.91. The number of hydrogen-bond donors (Lipinski definition) is 1. The van der Waals surface area contributed by atoms with Crippen molar-refractivity contribution in [2.75, 3.05) is 11.9 Å². The van der Waals surface area contributed by atoms with E-state index >= 15 is 0 Å². The maximum Gasteiger partial charge on any atom is 0.350 e. The maximum absolute atomic E-state index is 11.3. The van der Waals surface area contributed by atoms with Gasteiger partial charge in [-0.25, -0.2) is 4.79 Å². The molecule has 1 aromatic rings. The van der Waals surface area contributed by atoms with E-state index in [4.69, 9.17) is 10.00 Å². The van der Waals surface area contributed by atoms with Crippen LogP contribution in [-0.2, 0) is 9.53 Å². The molecule has 0 saturated heterocycles. The molecule has 1 N–H and O–H groups in total. The number of esters is 1. The van der Waals surface area contributed by atoms with Crippen molar-refractivity contribution in [3.63, 3.8) is 0 Å². The molecule has 0 amide bonds. The highest BCUT2D eigenvalue weighted by atomic mass is 16.5. The van der Waals surface area contributed by atoms with E-state index < -0.39 is 5.97 Å². The molecule has 5 heteroatoms. The smallest absolute Gasteiger partial charge is 0.350 e. The van der Waals surface area contributed by atoms with Crippen molar-refractivity contribution in [3.05, 3.63) is 35.8 Å². The maximum atomic E-state index is 11.3. The van der Waals surface area contributed by atoms with Crippen LogP contribution in [0.4, 0.5) is 5.69 Å². The van der Waals surface area contributed by atoms with Crippen molar-refractivity contribution in [1.82, 2.24) is 4.98 Å². The molecule has 0 spiro atoms. The first kappa shape index (κ1) is 12.7. The van der Waals surface area contributed by atoms with Gasteiger partial charge < -0.3 is 10.1 Å². The van der Waals surface area contributed by atoms with Gasteiger partial charge in [0.05, 0.1) is 18.5 Å². The number of ether oxygens (including phenoxy) is 1. The predicted octanol–water partition coefficient (Wildman–Crippen LogP) is 1.77. The first-order valence-corrected chi connectivity index (χ1v) is 5.14. The third kappa shape index (κ3) is 3.95. The summed E-state index contributed by atoms with van der Waals surface area (Å²) in [7, 11) is 0. The minimum Gasteiger partial charge on any atom is -0.462 e. The largest absolute Gasteiger partial charge is 0.462 e. The molecule has 0 aliphatic rings. The number of nitriles is 1. The van der Waals surface area contributed by atoms with Gasteiger partial charge in [0.25, 0.3) is 0 Å². The van der Waals surface area contributed by atoms with Gasteiger partial charge in [0, 0.05) is 11.9 Å². The monoisotopic (exact) mass is 231 g/mol. The number of pyridine rings is 1. The van der Waals surface area contributed by atoms with E-state index in [1.54, 1.807) is 25.3 Å². The van der Waals surface area contributed by atoms with Gasteiger partial charge in [-0.1, -0.05) is 0 Å². The Bertz CT molecular complexity index is 458. The summed E-state index contributed by atoms with van der Waals surface area (Å²) in [4.78, 5) is 15.4. The molecular weight excluding hydrogens is 218 g/mol. The van der Waals surface area contributed by atoms with Crippen molar-refractivity contribution in [2.45, 2.75) is 13.8 Å². The zero-order valence-electron chi connectivity index (χ0n) is 9.73. The highest BCUT2D eigenvalue weighted by Crippen LogP contribution is 2.06. The van der Waals surface area contributed by atoms with E-state index in [2.05, 4.69) is 10.3 Å². The third-order valence-corrected chi connectivity index (χ3v) is 1.91. The Morgan fingerprint density at radius 2 is 2.41 bits per heavy atom. The van der Waals surface area contributed by atoms with Crippen LogP contribution in [0.1, 0.15) is 12.6 Å². The number of hydrogen-bond acceptors (Lipinski definition) is 5. The number of nitrogens with one attached hydrogen (secondary N) is 1. The molecule has 0 fully saturated rings. The van der Waals surface area contributed by atoms with Crippen LogP contribution in [0.2, 0.25) is 0 Å². The Morgan fingerprint density at radius 1 is 1.65 bits per heavy atom. The fraction of sp³-hybridized carbons (Fsp3) is 0.250. The normalized spacial score (nSPS) is 10.5. The molecule has 17 heavy (non-hydrogen) atoms. The summed E-state index contributed by atoms with van der Waals surface area (Å²) in [5.74, 6) is -0.637. The molecule has 0 unspecified atom stereocenters. The lowest BCUT2D eigenvalue weighted by atomic mass is 10.3. The van der Waals surface area contributed by atoms with Crippen LogP contribution in [0, 0.1) is 18.3 Å².